The molecule has 7 heteroatoms. The van der Waals surface area contributed by atoms with Crippen LogP contribution in [0.4, 0.5) is 0 Å². The standard InChI is InChI=1S/C39H73N3O4/c1-6-10-21-36(8-3)23-25-38(43)45-33-18-14-12-16-28-41(30-20-31-42-32-27-40-35(42)5)29-17-13-15-19-34-46-39(44)26-24-37(9-4)22-11-7-2/h27,32,36-37H,6-26,28-31,33-34H2,1-5H3. The van der Waals surface area contributed by atoms with Crippen LogP contribution in [0.3, 0.4) is 0 Å². The summed E-state index contributed by atoms with van der Waals surface area (Å²) in [7, 11) is 0. The number of aromatic nitrogens is 2. The number of esters is 2. The third kappa shape index (κ3) is 22.6. The van der Waals surface area contributed by atoms with Crippen LogP contribution >= 0.6 is 0 Å². The maximum atomic E-state index is 12.2. The highest BCUT2D eigenvalue weighted by Crippen LogP contribution is 2.20. The Morgan fingerprint density at radius 3 is 1.59 bits per heavy atom. The number of imidazole rings is 1. The molecule has 1 rings (SSSR count). The molecule has 0 saturated heterocycles. The van der Waals surface area contributed by atoms with E-state index in [1.165, 1.54) is 64.2 Å². The van der Waals surface area contributed by atoms with Gasteiger partial charge in [-0.15, -0.1) is 0 Å². The Bertz CT molecular complexity index is 812. The first-order valence-corrected chi connectivity index (χ1v) is 19.4. The average Bonchev–Trinajstić information content (AvgIpc) is 3.47. The molecule has 7 nitrogen and oxygen atoms in total. The largest absolute Gasteiger partial charge is 0.466 e. The Balaban J connectivity index is 2.23. The van der Waals surface area contributed by atoms with Crippen LogP contribution in [0.1, 0.15) is 168 Å². The van der Waals surface area contributed by atoms with Crippen LogP contribution in [-0.2, 0) is 25.6 Å². The van der Waals surface area contributed by atoms with Crippen molar-refractivity contribution in [3.63, 3.8) is 0 Å². The van der Waals surface area contributed by atoms with Gasteiger partial charge in [-0.25, -0.2) is 4.98 Å². The third-order valence-electron chi connectivity index (χ3n) is 9.66. The molecular formula is C39H73N3O4. The molecule has 0 aromatic carbocycles. The van der Waals surface area contributed by atoms with E-state index in [1.807, 2.05) is 6.20 Å². The summed E-state index contributed by atoms with van der Waals surface area (Å²) in [5.41, 5.74) is 0. The number of nitrogens with zero attached hydrogens (tertiary/aromatic N) is 3. The minimum Gasteiger partial charge on any atom is -0.466 e. The fourth-order valence-electron chi connectivity index (χ4n) is 6.27. The number of carbonyl (C=O) groups excluding carboxylic acids is 2. The number of carbonyl (C=O) groups is 2. The molecule has 1 heterocycles. The van der Waals surface area contributed by atoms with Crippen molar-refractivity contribution in [2.24, 2.45) is 11.8 Å². The van der Waals surface area contributed by atoms with E-state index in [0.29, 0.717) is 37.9 Å². The molecule has 1 aromatic rings. The average molecular weight is 648 g/mol. The number of hydrogen-bond acceptors (Lipinski definition) is 6. The summed E-state index contributed by atoms with van der Waals surface area (Å²) in [6, 6.07) is 0. The van der Waals surface area contributed by atoms with Crippen molar-refractivity contribution in [1.29, 1.82) is 0 Å². The molecule has 0 bridgehead atoms. The zero-order valence-corrected chi connectivity index (χ0v) is 30.9. The van der Waals surface area contributed by atoms with Gasteiger partial charge in [0.05, 0.1) is 13.2 Å². The Morgan fingerprint density at radius 1 is 0.674 bits per heavy atom. The Kier molecular flexibility index (Phi) is 26.8. The second-order valence-corrected chi connectivity index (χ2v) is 13.5. The molecule has 0 amide bonds. The summed E-state index contributed by atoms with van der Waals surface area (Å²) >= 11 is 0. The van der Waals surface area contributed by atoms with Crippen molar-refractivity contribution in [3.05, 3.63) is 18.2 Å². The van der Waals surface area contributed by atoms with Crippen LogP contribution in [0.5, 0.6) is 0 Å². The topological polar surface area (TPSA) is 73.7 Å². The lowest BCUT2D eigenvalue weighted by atomic mass is 9.94. The van der Waals surface area contributed by atoms with E-state index >= 15 is 0 Å². The second kappa shape index (κ2) is 29.3. The van der Waals surface area contributed by atoms with E-state index in [9.17, 15) is 9.59 Å². The number of unbranched alkanes of at least 4 members (excludes halogenated alkanes) is 8. The summed E-state index contributed by atoms with van der Waals surface area (Å²) in [6.45, 7) is 16.4. The number of ether oxygens (including phenoxy) is 2. The summed E-state index contributed by atoms with van der Waals surface area (Å²) in [4.78, 5) is 31.3. The lowest BCUT2D eigenvalue weighted by molar-refractivity contribution is -0.145. The molecule has 1 aromatic heterocycles. The fraction of sp³-hybridized carbons (Fsp3) is 0.872. The quantitative estimate of drug-likeness (QED) is 0.0572. The predicted molar refractivity (Wildman–Crippen MR) is 192 cm³/mol. The van der Waals surface area contributed by atoms with Crippen LogP contribution in [0.15, 0.2) is 12.4 Å². The number of rotatable bonds is 32. The molecule has 46 heavy (non-hydrogen) atoms. The molecule has 0 radical (unpaired) electrons. The summed E-state index contributed by atoms with van der Waals surface area (Å²) in [6.07, 6.45) is 26.7. The molecular weight excluding hydrogens is 574 g/mol. The lowest BCUT2D eigenvalue weighted by Crippen LogP contribution is -2.28. The van der Waals surface area contributed by atoms with Crippen molar-refractivity contribution in [2.45, 2.75) is 176 Å². The molecule has 0 spiro atoms. The smallest absolute Gasteiger partial charge is 0.305 e. The van der Waals surface area contributed by atoms with Crippen molar-refractivity contribution in [2.75, 3.05) is 32.8 Å². The monoisotopic (exact) mass is 648 g/mol. The summed E-state index contributed by atoms with van der Waals surface area (Å²) in [5, 5.41) is 0. The van der Waals surface area contributed by atoms with Gasteiger partial charge in [-0.1, -0.05) is 105 Å². The Labute approximate surface area is 284 Å². The van der Waals surface area contributed by atoms with Gasteiger partial charge in [-0.3, -0.25) is 9.59 Å². The van der Waals surface area contributed by atoms with Crippen molar-refractivity contribution in [1.82, 2.24) is 14.5 Å². The molecule has 0 aliphatic rings. The van der Waals surface area contributed by atoms with Crippen LogP contribution in [-0.4, -0.2) is 59.2 Å². The zero-order chi connectivity index (χ0) is 33.7. The lowest BCUT2D eigenvalue weighted by Gasteiger charge is -2.22. The number of hydrogen-bond donors (Lipinski definition) is 0. The van der Waals surface area contributed by atoms with E-state index in [-0.39, 0.29) is 11.9 Å². The van der Waals surface area contributed by atoms with Gasteiger partial charge < -0.3 is 18.9 Å². The van der Waals surface area contributed by atoms with Crippen LogP contribution < -0.4 is 0 Å². The van der Waals surface area contributed by atoms with Gasteiger partial charge in [0.15, 0.2) is 0 Å². The highest BCUT2D eigenvalue weighted by Gasteiger charge is 2.12. The highest BCUT2D eigenvalue weighted by molar-refractivity contribution is 5.69. The highest BCUT2D eigenvalue weighted by atomic mass is 16.5. The Hall–Kier alpha value is -1.89. The van der Waals surface area contributed by atoms with Crippen molar-refractivity contribution < 1.29 is 19.1 Å². The number of aryl methyl sites for hydroxylation is 2. The first-order chi connectivity index (χ1) is 22.4. The maximum Gasteiger partial charge on any atom is 0.305 e. The molecule has 2 unspecified atom stereocenters. The van der Waals surface area contributed by atoms with E-state index in [0.717, 1.165) is 89.8 Å². The fourth-order valence-corrected chi connectivity index (χ4v) is 6.27. The van der Waals surface area contributed by atoms with Gasteiger partial charge in [-0.05, 0) is 83.3 Å². The molecule has 0 aliphatic heterocycles. The van der Waals surface area contributed by atoms with Crippen molar-refractivity contribution in [3.8, 4) is 0 Å². The predicted octanol–water partition coefficient (Wildman–Crippen LogP) is 10.1. The SMILES string of the molecule is CCCCC(CC)CCC(=O)OCCCCCCN(CCCCCCOC(=O)CCC(CC)CCCC)CCCn1ccnc1C. The van der Waals surface area contributed by atoms with Gasteiger partial charge in [0.25, 0.3) is 0 Å². The van der Waals surface area contributed by atoms with E-state index < -0.39 is 0 Å². The van der Waals surface area contributed by atoms with Gasteiger partial charge in [-0.2, -0.15) is 0 Å². The maximum absolute atomic E-state index is 12.2. The zero-order valence-electron chi connectivity index (χ0n) is 30.9. The van der Waals surface area contributed by atoms with Gasteiger partial charge in [0, 0.05) is 31.8 Å². The Morgan fingerprint density at radius 2 is 1.15 bits per heavy atom. The van der Waals surface area contributed by atoms with E-state index in [4.69, 9.17) is 9.47 Å². The van der Waals surface area contributed by atoms with Gasteiger partial charge >= 0.3 is 11.9 Å². The summed E-state index contributed by atoms with van der Waals surface area (Å²) < 4.78 is 13.3. The summed E-state index contributed by atoms with van der Waals surface area (Å²) in [5.74, 6) is 2.36. The van der Waals surface area contributed by atoms with Gasteiger partial charge in [0.1, 0.15) is 5.82 Å². The first kappa shape index (κ1) is 42.1. The van der Waals surface area contributed by atoms with Crippen LogP contribution in [0.2, 0.25) is 0 Å². The van der Waals surface area contributed by atoms with Crippen molar-refractivity contribution >= 4 is 11.9 Å². The second-order valence-electron chi connectivity index (χ2n) is 13.5. The van der Waals surface area contributed by atoms with E-state index in [1.54, 1.807) is 0 Å². The van der Waals surface area contributed by atoms with E-state index in [2.05, 4.69) is 55.3 Å². The van der Waals surface area contributed by atoms with Gasteiger partial charge in [0.2, 0.25) is 0 Å². The molecule has 0 N–H and O–H groups in total. The molecule has 268 valence electrons. The van der Waals surface area contributed by atoms with Crippen LogP contribution in [0.25, 0.3) is 0 Å². The molecule has 2 atom stereocenters. The van der Waals surface area contributed by atoms with Crippen LogP contribution in [0, 0.1) is 18.8 Å². The third-order valence-corrected chi connectivity index (χ3v) is 9.66. The molecule has 0 aliphatic carbocycles. The molecule has 0 fully saturated rings. The molecule has 0 saturated carbocycles. The minimum atomic E-state index is -0.0182. The first-order valence-electron chi connectivity index (χ1n) is 19.4. The minimum absolute atomic E-state index is 0.0182. The normalized spacial score (nSPS) is 12.8.